The lowest BCUT2D eigenvalue weighted by Gasteiger charge is -2.42. The summed E-state index contributed by atoms with van der Waals surface area (Å²) >= 11 is 0. The predicted octanol–water partition coefficient (Wildman–Crippen LogP) is 12.4. The first-order valence-corrected chi connectivity index (χ1v) is 18.7. The number of aryl methyl sites for hydroxylation is 1. The Morgan fingerprint density at radius 2 is 1.49 bits per heavy atom. The number of hydrogen-bond donors (Lipinski definition) is 0. The van der Waals surface area contributed by atoms with Crippen LogP contribution in [-0.2, 0) is 5.41 Å². The lowest BCUT2D eigenvalue weighted by Crippen LogP contribution is -2.35. The van der Waals surface area contributed by atoms with Gasteiger partial charge in [-0.15, -0.1) is 0 Å². The molecule has 0 radical (unpaired) electrons. The van der Waals surface area contributed by atoms with Crippen molar-refractivity contribution in [3.8, 4) is 0 Å². The standard InChI is InChI=1S/C46H53FN2/c1-34-8-18-39(19-9-34)48(40-20-10-35(2)11-21-40)42-24-14-37(15-25-42)46(30-6-5-7-31-46)38-16-26-43(27-17-38)49(41-22-12-36(3)13-23-41)44-28-32-45(4,47)33-29-44/h8-10,12-16,18,20-26,28-29,32,35,39H,5-7,11,17,19,27,30-31,33H2,1-4H3. The molecule has 1 saturated carbocycles. The minimum Gasteiger partial charge on any atom is -0.335 e. The van der Waals surface area contributed by atoms with Gasteiger partial charge in [-0.25, -0.2) is 4.39 Å². The number of alkyl halides is 1. The molecule has 3 heteroatoms. The van der Waals surface area contributed by atoms with E-state index < -0.39 is 5.67 Å². The van der Waals surface area contributed by atoms with Crippen LogP contribution in [0.3, 0.4) is 0 Å². The van der Waals surface area contributed by atoms with Crippen molar-refractivity contribution < 1.29 is 4.39 Å². The third-order valence-electron chi connectivity index (χ3n) is 11.5. The van der Waals surface area contributed by atoms with Crippen LogP contribution in [0.25, 0.3) is 0 Å². The molecule has 5 aliphatic rings. The molecule has 0 heterocycles. The zero-order valence-corrected chi connectivity index (χ0v) is 30.0. The molecule has 0 bridgehead atoms. The van der Waals surface area contributed by atoms with Crippen LogP contribution in [0.2, 0.25) is 0 Å². The summed E-state index contributed by atoms with van der Waals surface area (Å²) in [5.41, 5.74) is 10.5. The monoisotopic (exact) mass is 652 g/mol. The van der Waals surface area contributed by atoms with Gasteiger partial charge < -0.3 is 9.80 Å². The zero-order chi connectivity index (χ0) is 34.0. The highest BCUT2D eigenvalue weighted by molar-refractivity contribution is 5.64. The highest BCUT2D eigenvalue weighted by Crippen LogP contribution is 2.49. The maximum Gasteiger partial charge on any atom is 0.130 e. The van der Waals surface area contributed by atoms with E-state index in [1.807, 2.05) is 6.08 Å². The highest BCUT2D eigenvalue weighted by Gasteiger charge is 2.38. The van der Waals surface area contributed by atoms with Crippen LogP contribution in [0.15, 0.2) is 144 Å². The lowest BCUT2D eigenvalue weighted by molar-refractivity contribution is 0.258. The van der Waals surface area contributed by atoms with E-state index in [2.05, 4.69) is 134 Å². The van der Waals surface area contributed by atoms with Crippen LogP contribution < -0.4 is 9.80 Å². The molecule has 0 aliphatic heterocycles. The van der Waals surface area contributed by atoms with Crippen molar-refractivity contribution in [3.63, 3.8) is 0 Å². The first-order valence-electron chi connectivity index (χ1n) is 18.7. The fourth-order valence-corrected chi connectivity index (χ4v) is 8.48. The molecule has 0 N–H and O–H groups in total. The van der Waals surface area contributed by atoms with Gasteiger partial charge >= 0.3 is 0 Å². The molecular weight excluding hydrogens is 600 g/mol. The van der Waals surface area contributed by atoms with Gasteiger partial charge in [-0.1, -0.05) is 110 Å². The van der Waals surface area contributed by atoms with Gasteiger partial charge in [-0.3, -0.25) is 0 Å². The molecule has 3 unspecified atom stereocenters. The average Bonchev–Trinajstić information content (AvgIpc) is 3.12. The molecule has 0 aromatic heterocycles. The molecule has 1 fully saturated rings. The Balaban J connectivity index is 1.21. The Labute approximate surface area is 294 Å². The fourth-order valence-electron chi connectivity index (χ4n) is 8.48. The topological polar surface area (TPSA) is 6.48 Å². The zero-order valence-electron chi connectivity index (χ0n) is 30.0. The van der Waals surface area contributed by atoms with Gasteiger partial charge in [0.25, 0.3) is 0 Å². The van der Waals surface area contributed by atoms with E-state index >= 15 is 0 Å². The second-order valence-corrected chi connectivity index (χ2v) is 15.3. The Morgan fingerprint density at radius 3 is 2.10 bits per heavy atom. The van der Waals surface area contributed by atoms with Crippen LogP contribution >= 0.6 is 0 Å². The van der Waals surface area contributed by atoms with Crippen molar-refractivity contribution in [2.45, 2.75) is 109 Å². The smallest absolute Gasteiger partial charge is 0.130 e. The summed E-state index contributed by atoms with van der Waals surface area (Å²) in [4.78, 5) is 4.90. The molecular formula is C46H53FN2. The summed E-state index contributed by atoms with van der Waals surface area (Å²) in [6, 6.07) is 18.7. The van der Waals surface area contributed by atoms with E-state index in [-0.39, 0.29) is 5.41 Å². The van der Waals surface area contributed by atoms with Crippen molar-refractivity contribution in [2.24, 2.45) is 5.92 Å². The number of anilines is 2. The molecule has 0 saturated heterocycles. The minimum absolute atomic E-state index is 0.0718. The maximum absolute atomic E-state index is 14.8. The van der Waals surface area contributed by atoms with E-state index in [1.165, 1.54) is 65.9 Å². The van der Waals surface area contributed by atoms with Crippen molar-refractivity contribution in [2.75, 3.05) is 9.80 Å². The van der Waals surface area contributed by atoms with Gasteiger partial charge in [0.05, 0.1) is 6.04 Å². The van der Waals surface area contributed by atoms with Gasteiger partial charge in [0.2, 0.25) is 0 Å². The van der Waals surface area contributed by atoms with Crippen molar-refractivity contribution in [3.05, 3.63) is 155 Å². The molecule has 3 atom stereocenters. The number of nitrogens with zero attached hydrogens (tertiary/aromatic N) is 2. The Bertz CT molecular complexity index is 1770. The Hall–Kier alpha value is -4.11. The molecule has 0 spiro atoms. The first-order chi connectivity index (χ1) is 23.7. The van der Waals surface area contributed by atoms with Crippen LogP contribution in [0.1, 0.15) is 96.1 Å². The molecule has 2 nitrogen and oxygen atoms in total. The summed E-state index contributed by atoms with van der Waals surface area (Å²) in [6.07, 6.45) is 35.5. The molecule has 2 aromatic rings. The third-order valence-corrected chi connectivity index (χ3v) is 11.5. The van der Waals surface area contributed by atoms with Crippen LogP contribution in [0, 0.1) is 12.8 Å². The Kier molecular flexibility index (Phi) is 9.55. The number of halogens is 1. The van der Waals surface area contributed by atoms with Gasteiger partial charge in [0.1, 0.15) is 5.67 Å². The molecule has 49 heavy (non-hydrogen) atoms. The van der Waals surface area contributed by atoms with Crippen molar-refractivity contribution in [1.29, 1.82) is 0 Å². The van der Waals surface area contributed by atoms with E-state index in [1.54, 1.807) is 18.6 Å². The highest BCUT2D eigenvalue weighted by atomic mass is 19.1. The van der Waals surface area contributed by atoms with Gasteiger partial charge in [0, 0.05) is 40.3 Å². The van der Waals surface area contributed by atoms with Crippen LogP contribution in [0.5, 0.6) is 0 Å². The second kappa shape index (κ2) is 14.0. The minimum atomic E-state index is -1.29. The van der Waals surface area contributed by atoms with Gasteiger partial charge in [0.15, 0.2) is 0 Å². The SMILES string of the molecule is CC1=CCC(N(C2=CCC(C)C=C2)c2ccc(C3(C4=CC=C(N(C5=CCC(C)(F)C=C5)c5ccc(C)cc5)CC4)CCCCC3)cc2)C=C1. The van der Waals surface area contributed by atoms with E-state index in [4.69, 9.17) is 0 Å². The van der Waals surface area contributed by atoms with Crippen LogP contribution in [0.4, 0.5) is 15.8 Å². The van der Waals surface area contributed by atoms with Crippen molar-refractivity contribution >= 4 is 11.4 Å². The average molecular weight is 653 g/mol. The predicted molar refractivity (Wildman–Crippen MR) is 206 cm³/mol. The molecule has 5 aliphatic carbocycles. The number of allylic oxidation sites excluding steroid dienone is 12. The summed E-state index contributed by atoms with van der Waals surface area (Å²) in [5, 5.41) is 0. The van der Waals surface area contributed by atoms with Crippen molar-refractivity contribution in [1.82, 2.24) is 0 Å². The number of benzene rings is 2. The molecule has 254 valence electrons. The fraction of sp³-hybridized carbons (Fsp3) is 0.391. The summed E-state index contributed by atoms with van der Waals surface area (Å²) in [6.45, 7) is 8.27. The largest absolute Gasteiger partial charge is 0.335 e. The van der Waals surface area contributed by atoms with E-state index in [0.29, 0.717) is 18.4 Å². The van der Waals surface area contributed by atoms with Gasteiger partial charge in [-0.05, 0) is 119 Å². The molecule has 2 aromatic carbocycles. The first kappa shape index (κ1) is 33.4. The number of hydrogen-bond acceptors (Lipinski definition) is 2. The summed E-state index contributed by atoms with van der Waals surface area (Å²) < 4.78 is 14.8. The normalized spacial score (nSPS) is 26.3. The van der Waals surface area contributed by atoms with E-state index in [9.17, 15) is 4.39 Å². The maximum atomic E-state index is 14.8. The second-order valence-electron chi connectivity index (χ2n) is 15.3. The molecule has 0 amide bonds. The van der Waals surface area contributed by atoms with Gasteiger partial charge in [-0.2, -0.15) is 0 Å². The third kappa shape index (κ3) is 7.14. The summed E-state index contributed by atoms with van der Waals surface area (Å²) in [5.74, 6) is 0.590. The molecule has 7 rings (SSSR count). The van der Waals surface area contributed by atoms with E-state index in [0.717, 1.165) is 37.1 Å². The lowest BCUT2D eigenvalue weighted by atomic mass is 9.63. The number of rotatable bonds is 8. The summed E-state index contributed by atoms with van der Waals surface area (Å²) in [7, 11) is 0. The quantitative estimate of drug-likeness (QED) is 0.280. The van der Waals surface area contributed by atoms with Crippen LogP contribution in [-0.4, -0.2) is 11.7 Å². The Morgan fingerprint density at radius 1 is 0.735 bits per heavy atom.